The topological polar surface area (TPSA) is 213 Å². The number of para-hydroxylation sites is 4. The minimum atomic E-state index is -0.638. The van der Waals surface area contributed by atoms with E-state index in [1.54, 1.807) is 41.5 Å². The quantitative estimate of drug-likeness (QED) is 0.0416. The van der Waals surface area contributed by atoms with Crippen LogP contribution >= 0.6 is 0 Å². The van der Waals surface area contributed by atoms with Crippen molar-refractivity contribution in [1.29, 1.82) is 0 Å². The first-order valence-electron chi connectivity index (χ1n) is 28.2. The standard InChI is InChI=1S/C66H72O18/c1-7-73-55(67)37-79-61-43-20-14-13-15-21-44-30-45-24-17-25-46(62(45)80-38-56(68)74-8-2)31-47-26-18-27-48(63(47)81-39-57(69)75-9-3)32-49-28-19-29-51(64(49)82-40-58(70)76-10-4)34-53-36-54(65(44)83-41-59(71)77-11-5)35-52(33-50(61)23-16-22-43)66(53)84-42-60(72)78-12-6/h13-19,21-29,35-36H,7-12,20,30-34,37-42H2,1-6H3/b14-13+,21-15-,65-44+. The van der Waals surface area contributed by atoms with Crippen molar-refractivity contribution >= 4 is 41.6 Å². The lowest BCUT2D eigenvalue weighted by Gasteiger charge is -2.24. The molecule has 0 saturated carbocycles. The van der Waals surface area contributed by atoms with Gasteiger partial charge >= 0.3 is 35.8 Å². The summed E-state index contributed by atoms with van der Waals surface area (Å²) in [5.41, 5.74) is 7.25. The first-order valence-corrected chi connectivity index (χ1v) is 28.2. The van der Waals surface area contributed by atoms with Crippen LogP contribution in [-0.4, -0.2) is 115 Å². The molecule has 0 spiro atoms. The minimum Gasteiger partial charge on any atom is -0.481 e. The smallest absolute Gasteiger partial charge is 0.344 e. The van der Waals surface area contributed by atoms with Crippen molar-refractivity contribution in [3.05, 3.63) is 176 Å². The number of ether oxygens (including phenoxy) is 12. The van der Waals surface area contributed by atoms with Crippen LogP contribution in [0.2, 0.25) is 0 Å². The molecule has 0 amide bonds. The van der Waals surface area contributed by atoms with E-state index >= 15 is 0 Å². The second-order valence-electron chi connectivity index (χ2n) is 19.0. The third-order valence-electron chi connectivity index (χ3n) is 13.1. The summed E-state index contributed by atoms with van der Waals surface area (Å²) >= 11 is 0. The third-order valence-corrected chi connectivity index (χ3v) is 13.1. The van der Waals surface area contributed by atoms with E-state index in [1.165, 1.54) is 0 Å². The van der Waals surface area contributed by atoms with Crippen LogP contribution in [0.1, 0.15) is 103 Å². The average molecular weight is 1150 g/mol. The molecular formula is C66H72O18. The Morgan fingerprint density at radius 1 is 0.333 bits per heavy atom. The van der Waals surface area contributed by atoms with Crippen LogP contribution in [0, 0.1) is 0 Å². The lowest BCUT2D eigenvalue weighted by atomic mass is 9.89. The number of esters is 6. The summed E-state index contributed by atoms with van der Waals surface area (Å²) in [5, 5.41) is 0. The highest BCUT2D eigenvalue weighted by Gasteiger charge is 2.27. The highest BCUT2D eigenvalue weighted by molar-refractivity contribution is 5.77. The van der Waals surface area contributed by atoms with Gasteiger partial charge < -0.3 is 56.8 Å². The van der Waals surface area contributed by atoms with E-state index < -0.39 is 68.9 Å². The van der Waals surface area contributed by atoms with Gasteiger partial charge in [0.05, 0.1) is 39.6 Å². The Labute approximate surface area is 489 Å². The molecule has 0 aromatic heterocycles. The Morgan fingerprint density at radius 2 is 0.607 bits per heavy atom. The van der Waals surface area contributed by atoms with E-state index in [9.17, 15) is 28.8 Å². The molecule has 84 heavy (non-hydrogen) atoms. The molecule has 0 fully saturated rings. The van der Waals surface area contributed by atoms with E-state index in [4.69, 9.17) is 56.8 Å². The second kappa shape index (κ2) is 32.0. The van der Waals surface area contributed by atoms with Crippen molar-refractivity contribution in [2.24, 2.45) is 0 Å². The lowest BCUT2D eigenvalue weighted by Crippen LogP contribution is -2.18. The van der Waals surface area contributed by atoms with Gasteiger partial charge in [0.1, 0.15) is 34.5 Å². The zero-order valence-corrected chi connectivity index (χ0v) is 48.5. The zero-order valence-electron chi connectivity index (χ0n) is 48.5. The van der Waals surface area contributed by atoms with Gasteiger partial charge in [-0.05, 0) is 121 Å². The molecule has 5 aromatic carbocycles. The maximum absolute atomic E-state index is 13.5. The minimum absolute atomic E-state index is 0.0382. The van der Waals surface area contributed by atoms with Gasteiger partial charge in [-0.3, -0.25) is 0 Å². The maximum Gasteiger partial charge on any atom is 0.344 e. The summed E-state index contributed by atoms with van der Waals surface area (Å²) in [6, 6.07) is 26.2. The van der Waals surface area contributed by atoms with Crippen LogP contribution in [-0.2, 0) is 100 Å². The van der Waals surface area contributed by atoms with Crippen molar-refractivity contribution in [1.82, 2.24) is 0 Å². The molecule has 7 rings (SSSR count). The molecule has 12 bridgehead atoms. The van der Waals surface area contributed by atoms with E-state index in [2.05, 4.69) is 0 Å². The van der Waals surface area contributed by atoms with Crippen molar-refractivity contribution in [2.45, 2.75) is 80.1 Å². The molecule has 0 saturated heterocycles. The fourth-order valence-corrected chi connectivity index (χ4v) is 9.81. The Bertz CT molecular complexity index is 3240. The summed E-state index contributed by atoms with van der Waals surface area (Å²) in [6.45, 7) is 8.21. The Hall–Kier alpha value is -9.06. The van der Waals surface area contributed by atoms with E-state index in [0.29, 0.717) is 90.6 Å². The zero-order chi connectivity index (χ0) is 59.8. The van der Waals surface area contributed by atoms with Gasteiger partial charge in [-0.2, -0.15) is 0 Å². The number of benzene rings is 5. The van der Waals surface area contributed by atoms with E-state index in [0.717, 1.165) is 5.56 Å². The van der Waals surface area contributed by atoms with Gasteiger partial charge in [-0.1, -0.05) is 97.1 Å². The SMILES string of the molecule is CCOC(=O)CO\C1=C2/C=C\C=C\Cc3cccc(c3OCC(=O)OCC)Cc3cc1cc(c3OCC(=O)OCC)Cc1cccc(c1OCC(=O)OCC)Cc1cccc(c1OCC(=O)OCC)Cc1cccc(c1OCC(=O)OCC)C2. The maximum atomic E-state index is 13.5. The molecule has 18 nitrogen and oxygen atoms in total. The largest absolute Gasteiger partial charge is 0.481 e. The van der Waals surface area contributed by atoms with E-state index in [-0.39, 0.29) is 89.9 Å². The van der Waals surface area contributed by atoms with Crippen LogP contribution in [0.4, 0.5) is 0 Å². The average Bonchev–Trinajstić information content (AvgIpc) is 3.51. The molecule has 444 valence electrons. The molecule has 0 radical (unpaired) electrons. The van der Waals surface area contributed by atoms with Gasteiger partial charge in [0.25, 0.3) is 0 Å². The number of rotatable bonds is 24. The molecule has 2 aliphatic rings. The molecule has 0 unspecified atom stereocenters. The fourth-order valence-electron chi connectivity index (χ4n) is 9.81. The third kappa shape index (κ3) is 17.5. The van der Waals surface area contributed by atoms with Crippen LogP contribution in [0.3, 0.4) is 0 Å². The highest BCUT2D eigenvalue weighted by atomic mass is 16.6. The Morgan fingerprint density at radius 3 is 0.940 bits per heavy atom. The van der Waals surface area contributed by atoms with Crippen LogP contribution < -0.4 is 23.7 Å². The van der Waals surface area contributed by atoms with Crippen molar-refractivity contribution in [3.63, 3.8) is 0 Å². The summed E-state index contributed by atoms with van der Waals surface area (Å²) in [6.07, 6.45) is 8.42. The Balaban J connectivity index is 1.61. The Kier molecular flexibility index (Phi) is 23.8. The lowest BCUT2D eigenvalue weighted by molar-refractivity contribution is -0.146. The molecular weight excluding hydrogens is 1080 g/mol. The second-order valence-corrected chi connectivity index (χ2v) is 19.0. The first kappa shape index (κ1) is 62.5. The highest BCUT2D eigenvalue weighted by Crippen LogP contribution is 2.41. The summed E-state index contributed by atoms with van der Waals surface area (Å²) < 4.78 is 71.3. The number of fused-ring (bicyclic) bond motifs is 10. The van der Waals surface area contributed by atoms with Gasteiger partial charge in [0.2, 0.25) is 0 Å². The normalized spacial score (nSPS) is 14.2. The molecule has 18 heteroatoms. The molecule has 0 atom stereocenters. The number of allylic oxidation sites excluding steroid dienone is 5. The summed E-state index contributed by atoms with van der Waals surface area (Å²) in [5.74, 6) is -1.60. The van der Waals surface area contributed by atoms with Crippen LogP contribution in [0.25, 0.3) is 5.76 Å². The predicted octanol–water partition coefficient (Wildman–Crippen LogP) is 9.27. The summed E-state index contributed by atoms with van der Waals surface area (Å²) in [7, 11) is 0. The van der Waals surface area contributed by atoms with Gasteiger partial charge in [-0.15, -0.1) is 0 Å². The predicted molar refractivity (Wildman–Crippen MR) is 309 cm³/mol. The van der Waals surface area contributed by atoms with Crippen molar-refractivity contribution < 1.29 is 85.6 Å². The van der Waals surface area contributed by atoms with E-state index in [1.807, 2.05) is 109 Å². The summed E-state index contributed by atoms with van der Waals surface area (Å²) in [4.78, 5) is 79.2. The molecule has 5 aromatic rings. The van der Waals surface area contributed by atoms with Crippen molar-refractivity contribution in [3.8, 4) is 28.7 Å². The molecule has 0 aliphatic heterocycles. The van der Waals surface area contributed by atoms with Gasteiger partial charge in [-0.25, -0.2) is 28.8 Å². The monoisotopic (exact) mass is 1150 g/mol. The van der Waals surface area contributed by atoms with Gasteiger partial charge in [0.15, 0.2) is 39.6 Å². The van der Waals surface area contributed by atoms with Gasteiger partial charge in [0, 0.05) is 37.7 Å². The van der Waals surface area contributed by atoms with Crippen LogP contribution in [0.5, 0.6) is 28.7 Å². The fraction of sp³-hybridized carbons (Fsp3) is 0.364. The number of carbonyl (C=O) groups excluding carboxylic acids is 6. The molecule has 0 N–H and O–H groups in total. The molecule has 2 aliphatic carbocycles. The van der Waals surface area contributed by atoms with Crippen molar-refractivity contribution in [2.75, 3.05) is 79.3 Å². The van der Waals surface area contributed by atoms with Crippen LogP contribution in [0.15, 0.2) is 115 Å². The first-order chi connectivity index (χ1) is 40.9. The number of carbonyl (C=O) groups is 6. The molecule has 0 heterocycles. The number of hydrogen-bond acceptors (Lipinski definition) is 18. The number of hydrogen-bond donors (Lipinski definition) is 0.